The fourth-order valence-corrected chi connectivity index (χ4v) is 4.64. The summed E-state index contributed by atoms with van der Waals surface area (Å²) in [5.41, 5.74) is 3.28. The summed E-state index contributed by atoms with van der Waals surface area (Å²) in [6, 6.07) is 18.4. The molecule has 0 radical (unpaired) electrons. The molecule has 1 aromatic heterocycles. The van der Waals surface area contributed by atoms with Crippen LogP contribution in [0.5, 0.6) is 5.75 Å². The molecular weight excluding hydrogens is 398 g/mol. The average molecular weight is 433 g/mol. The van der Waals surface area contributed by atoms with Gasteiger partial charge in [-0.25, -0.2) is 9.13 Å². The van der Waals surface area contributed by atoms with E-state index >= 15 is 0 Å². The van der Waals surface area contributed by atoms with Crippen LogP contribution in [0.4, 0.5) is 5.69 Å². The van der Waals surface area contributed by atoms with Crippen molar-refractivity contribution in [2.45, 2.75) is 65.6 Å². The van der Waals surface area contributed by atoms with Gasteiger partial charge < -0.3 is 9.64 Å². The van der Waals surface area contributed by atoms with Gasteiger partial charge in [-0.15, -0.1) is 0 Å². The largest absolute Gasteiger partial charge is 0.494 e. The van der Waals surface area contributed by atoms with Gasteiger partial charge in [-0.2, -0.15) is 0 Å². The summed E-state index contributed by atoms with van der Waals surface area (Å²) in [5, 5.41) is 0. The SMILES string of the molecule is CCOc1ccc(-c2c[n+](CC(=O)N(c3ccccc3)C(C)C)c3n2CCCCC3)cc1. The number of aromatic nitrogens is 2. The summed E-state index contributed by atoms with van der Waals surface area (Å²) in [6.07, 6.45) is 6.71. The molecule has 0 unspecified atom stereocenters. The second kappa shape index (κ2) is 10.0. The first-order valence-electron chi connectivity index (χ1n) is 11.8. The highest BCUT2D eigenvalue weighted by Crippen LogP contribution is 2.26. The molecule has 4 rings (SSSR count). The molecule has 32 heavy (non-hydrogen) atoms. The molecular formula is C27H34N3O2+. The molecule has 1 aliphatic rings. The molecule has 0 fully saturated rings. The molecule has 5 nitrogen and oxygen atoms in total. The van der Waals surface area contributed by atoms with Crippen molar-refractivity contribution in [3.05, 3.63) is 66.6 Å². The Balaban J connectivity index is 1.67. The van der Waals surface area contributed by atoms with Crippen molar-refractivity contribution in [3.63, 3.8) is 0 Å². The molecule has 5 heteroatoms. The number of fused-ring (bicyclic) bond motifs is 1. The maximum absolute atomic E-state index is 13.5. The van der Waals surface area contributed by atoms with E-state index < -0.39 is 0 Å². The molecule has 0 aliphatic carbocycles. The maximum Gasteiger partial charge on any atom is 0.269 e. The highest BCUT2D eigenvalue weighted by molar-refractivity contribution is 5.92. The quantitative estimate of drug-likeness (QED) is 0.492. The highest BCUT2D eigenvalue weighted by Gasteiger charge is 2.29. The van der Waals surface area contributed by atoms with E-state index in [1.807, 2.05) is 54.3 Å². The summed E-state index contributed by atoms with van der Waals surface area (Å²) in [4.78, 5) is 15.4. The Morgan fingerprint density at radius 1 is 1.06 bits per heavy atom. The fraction of sp³-hybridized carbons (Fsp3) is 0.407. The molecule has 1 amide bonds. The number of imidazole rings is 1. The van der Waals surface area contributed by atoms with Crippen LogP contribution >= 0.6 is 0 Å². The van der Waals surface area contributed by atoms with Crippen molar-refractivity contribution in [2.75, 3.05) is 11.5 Å². The van der Waals surface area contributed by atoms with Gasteiger partial charge in [-0.3, -0.25) is 4.79 Å². The number of hydrogen-bond donors (Lipinski definition) is 0. The fourth-order valence-electron chi connectivity index (χ4n) is 4.64. The van der Waals surface area contributed by atoms with Gasteiger partial charge in [0.15, 0.2) is 12.2 Å². The van der Waals surface area contributed by atoms with E-state index in [-0.39, 0.29) is 11.9 Å². The van der Waals surface area contributed by atoms with Gasteiger partial charge in [0.05, 0.1) is 13.2 Å². The molecule has 3 aromatic rings. The number of nitrogens with zero attached hydrogens (tertiary/aromatic N) is 3. The van der Waals surface area contributed by atoms with Crippen LogP contribution in [-0.2, 0) is 24.3 Å². The zero-order chi connectivity index (χ0) is 22.5. The van der Waals surface area contributed by atoms with Gasteiger partial charge in [0, 0.05) is 23.7 Å². The normalized spacial score (nSPS) is 13.5. The van der Waals surface area contributed by atoms with Crippen LogP contribution in [0.3, 0.4) is 0 Å². The van der Waals surface area contributed by atoms with E-state index in [2.05, 4.69) is 41.3 Å². The van der Waals surface area contributed by atoms with E-state index in [4.69, 9.17) is 4.74 Å². The molecule has 0 saturated carbocycles. The van der Waals surface area contributed by atoms with Crippen LogP contribution in [0, 0.1) is 0 Å². The Morgan fingerprint density at radius 2 is 1.81 bits per heavy atom. The summed E-state index contributed by atoms with van der Waals surface area (Å²) >= 11 is 0. The summed E-state index contributed by atoms with van der Waals surface area (Å²) in [7, 11) is 0. The molecule has 2 aromatic carbocycles. The monoisotopic (exact) mass is 432 g/mol. The van der Waals surface area contributed by atoms with Crippen LogP contribution in [0.2, 0.25) is 0 Å². The molecule has 0 saturated heterocycles. The summed E-state index contributed by atoms with van der Waals surface area (Å²) in [6.45, 7) is 8.14. The second-order valence-electron chi connectivity index (χ2n) is 8.67. The first-order valence-corrected chi connectivity index (χ1v) is 11.8. The van der Waals surface area contributed by atoms with E-state index in [0.717, 1.165) is 36.4 Å². The number of anilines is 1. The number of hydrogen-bond acceptors (Lipinski definition) is 2. The lowest BCUT2D eigenvalue weighted by Gasteiger charge is -2.26. The zero-order valence-corrected chi connectivity index (χ0v) is 19.5. The van der Waals surface area contributed by atoms with E-state index in [0.29, 0.717) is 13.2 Å². The summed E-state index contributed by atoms with van der Waals surface area (Å²) in [5.74, 6) is 2.25. The Labute approximate surface area is 191 Å². The van der Waals surface area contributed by atoms with Gasteiger partial charge in [-0.1, -0.05) is 18.2 Å². The molecule has 0 bridgehead atoms. The van der Waals surface area contributed by atoms with Crippen LogP contribution in [0.1, 0.15) is 45.9 Å². The minimum Gasteiger partial charge on any atom is -0.494 e. The lowest BCUT2D eigenvalue weighted by Crippen LogP contribution is -2.48. The van der Waals surface area contributed by atoms with E-state index in [1.54, 1.807) is 0 Å². The van der Waals surface area contributed by atoms with Crippen LogP contribution in [-0.4, -0.2) is 23.1 Å². The summed E-state index contributed by atoms with van der Waals surface area (Å²) < 4.78 is 10.2. The Morgan fingerprint density at radius 3 is 2.50 bits per heavy atom. The van der Waals surface area contributed by atoms with Gasteiger partial charge in [-0.05, 0) is 76.4 Å². The minimum atomic E-state index is 0.0947. The first kappa shape index (κ1) is 22.1. The molecule has 0 spiro atoms. The Hall–Kier alpha value is -3.08. The van der Waals surface area contributed by atoms with Gasteiger partial charge >= 0.3 is 0 Å². The minimum absolute atomic E-state index is 0.0947. The van der Waals surface area contributed by atoms with Gasteiger partial charge in [0.1, 0.15) is 11.9 Å². The number of carbonyl (C=O) groups excluding carboxylic acids is 1. The lowest BCUT2D eigenvalue weighted by molar-refractivity contribution is -0.691. The van der Waals surface area contributed by atoms with Crippen molar-refractivity contribution in [1.29, 1.82) is 0 Å². The third-order valence-corrected chi connectivity index (χ3v) is 6.08. The van der Waals surface area contributed by atoms with E-state index in [9.17, 15) is 4.79 Å². The number of amides is 1. The van der Waals surface area contributed by atoms with Crippen LogP contribution in [0.25, 0.3) is 11.3 Å². The van der Waals surface area contributed by atoms with Crippen molar-refractivity contribution in [1.82, 2.24) is 4.57 Å². The molecule has 168 valence electrons. The highest BCUT2D eigenvalue weighted by atomic mass is 16.5. The lowest BCUT2D eigenvalue weighted by atomic mass is 10.1. The van der Waals surface area contributed by atoms with Crippen molar-refractivity contribution in [3.8, 4) is 17.0 Å². The average Bonchev–Trinajstić information content (AvgIpc) is 2.96. The third kappa shape index (κ3) is 4.72. The topological polar surface area (TPSA) is 38.4 Å². The van der Waals surface area contributed by atoms with E-state index in [1.165, 1.54) is 24.4 Å². The Kier molecular flexibility index (Phi) is 6.93. The Bertz CT molecular complexity index is 1040. The predicted octanol–water partition coefficient (Wildman–Crippen LogP) is 5.01. The van der Waals surface area contributed by atoms with Crippen LogP contribution < -0.4 is 14.2 Å². The third-order valence-electron chi connectivity index (χ3n) is 6.08. The number of benzene rings is 2. The van der Waals surface area contributed by atoms with Gasteiger partial charge in [0.25, 0.3) is 11.7 Å². The van der Waals surface area contributed by atoms with Crippen LogP contribution in [0.15, 0.2) is 60.8 Å². The number of rotatable bonds is 7. The van der Waals surface area contributed by atoms with Crippen molar-refractivity contribution >= 4 is 11.6 Å². The maximum atomic E-state index is 13.5. The smallest absolute Gasteiger partial charge is 0.269 e. The zero-order valence-electron chi connectivity index (χ0n) is 19.5. The standard InChI is InChI=1S/C27H34N3O2/c1-4-32-24-16-14-22(15-17-24)25-19-28(26-13-9-6-10-18-29(25)26)20-27(31)30(21(2)3)23-11-7-5-8-12-23/h5,7-8,11-12,14-17,19,21H,4,6,9-10,13,18,20H2,1-3H3/q+1. The molecule has 0 N–H and O–H groups in total. The van der Waals surface area contributed by atoms with Gasteiger partial charge in [0.2, 0.25) is 0 Å². The molecule has 2 heterocycles. The molecule has 0 atom stereocenters. The van der Waals surface area contributed by atoms with Crippen molar-refractivity contribution < 1.29 is 14.1 Å². The number of carbonyl (C=O) groups is 1. The number of ether oxygens (including phenoxy) is 1. The first-order chi connectivity index (χ1) is 15.6. The number of para-hydroxylation sites is 1. The predicted molar refractivity (Wildman–Crippen MR) is 128 cm³/mol. The molecule has 1 aliphatic heterocycles. The van der Waals surface area contributed by atoms with Crippen molar-refractivity contribution in [2.24, 2.45) is 0 Å². The second-order valence-corrected chi connectivity index (χ2v) is 8.67.